The fraction of sp³-hybridized carbons (Fsp3) is 0.500. The second-order valence-electron chi connectivity index (χ2n) is 5.50. The van der Waals surface area contributed by atoms with Crippen molar-refractivity contribution < 1.29 is 32.3 Å². The van der Waals surface area contributed by atoms with Gasteiger partial charge in [0.25, 0.3) is 0 Å². The average molecular weight is 362 g/mol. The zero-order valence-electron chi connectivity index (χ0n) is 14.0. The molecule has 2 N–H and O–H groups in total. The molecule has 0 saturated carbocycles. The Balaban J connectivity index is 0.000000381. The molecule has 1 fully saturated rings. The number of nitrogens with zero attached hydrogens (tertiary/aromatic N) is 1. The predicted octanol–water partition coefficient (Wildman–Crippen LogP) is 2.44. The summed E-state index contributed by atoms with van der Waals surface area (Å²) in [5.74, 6) is -1.12. The molecule has 1 aromatic rings. The zero-order chi connectivity index (χ0) is 19.0. The summed E-state index contributed by atoms with van der Waals surface area (Å²) >= 11 is 0. The lowest BCUT2D eigenvalue weighted by Crippen LogP contribution is -2.46. The molecule has 1 atom stereocenters. The standard InChI is InChI=1S/C14H20N2O2.C2HF3O2/c1-11-5-6-13(18-11)7-8-14(17)16-9-3-4-12(10-16)15-2;3-2(4,5)1(6)7/h5-8,12,15H,3-4,9-10H2,1-2H3;(H,6,7)/b8-7+;. The van der Waals surface area contributed by atoms with Gasteiger partial charge in [-0.15, -0.1) is 0 Å². The quantitative estimate of drug-likeness (QED) is 0.807. The number of hydrogen-bond acceptors (Lipinski definition) is 4. The minimum atomic E-state index is -5.08. The third kappa shape index (κ3) is 7.42. The van der Waals surface area contributed by atoms with Gasteiger partial charge < -0.3 is 19.7 Å². The molecule has 25 heavy (non-hydrogen) atoms. The third-order valence-corrected chi connectivity index (χ3v) is 3.54. The maximum atomic E-state index is 12.0. The summed E-state index contributed by atoms with van der Waals surface area (Å²) in [5.41, 5.74) is 0. The van der Waals surface area contributed by atoms with Gasteiger partial charge in [0.2, 0.25) is 5.91 Å². The Hall–Kier alpha value is -2.29. The second kappa shape index (κ2) is 9.26. The number of likely N-dealkylation sites (tertiary alicyclic amines) is 1. The molecule has 1 saturated heterocycles. The minimum absolute atomic E-state index is 0.0593. The number of likely N-dealkylation sites (N-methyl/N-ethyl adjacent to an activating group) is 1. The molecule has 0 aromatic carbocycles. The molecular weight excluding hydrogens is 341 g/mol. The number of carbonyl (C=O) groups excluding carboxylic acids is 1. The minimum Gasteiger partial charge on any atom is -0.475 e. The maximum Gasteiger partial charge on any atom is 0.490 e. The van der Waals surface area contributed by atoms with E-state index in [9.17, 15) is 18.0 Å². The molecule has 1 aliphatic rings. The van der Waals surface area contributed by atoms with E-state index in [1.165, 1.54) is 0 Å². The van der Waals surface area contributed by atoms with Crippen molar-refractivity contribution in [2.45, 2.75) is 32.0 Å². The fourth-order valence-corrected chi connectivity index (χ4v) is 2.21. The van der Waals surface area contributed by atoms with Crippen LogP contribution in [0.1, 0.15) is 24.4 Å². The number of halogens is 3. The first-order chi connectivity index (χ1) is 11.6. The number of carbonyl (C=O) groups is 2. The molecule has 140 valence electrons. The molecule has 1 aliphatic heterocycles. The number of hydrogen-bond donors (Lipinski definition) is 2. The first-order valence-electron chi connectivity index (χ1n) is 7.64. The van der Waals surface area contributed by atoms with E-state index in [4.69, 9.17) is 14.3 Å². The number of amides is 1. The summed E-state index contributed by atoms with van der Waals surface area (Å²) in [6.45, 7) is 3.52. The molecule has 2 rings (SSSR count). The van der Waals surface area contributed by atoms with Crippen LogP contribution in [-0.4, -0.2) is 54.2 Å². The van der Waals surface area contributed by atoms with Crippen molar-refractivity contribution in [3.05, 3.63) is 29.7 Å². The smallest absolute Gasteiger partial charge is 0.475 e. The Bertz CT molecular complexity index is 611. The van der Waals surface area contributed by atoms with Crippen molar-refractivity contribution in [1.82, 2.24) is 10.2 Å². The Morgan fingerprint density at radius 3 is 2.52 bits per heavy atom. The summed E-state index contributed by atoms with van der Waals surface area (Å²) in [6.07, 6.45) is 0.445. The first-order valence-corrected chi connectivity index (χ1v) is 7.64. The number of nitrogens with one attached hydrogen (secondary N) is 1. The number of aliphatic carboxylic acids is 1. The highest BCUT2D eigenvalue weighted by Gasteiger charge is 2.38. The highest BCUT2D eigenvalue weighted by Crippen LogP contribution is 2.13. The molecule has 0 bridgehead atoms. The number of alkyl halides is 3. The van der Waals surface area contributed by atoms with Gasteiger partial charge in [-0.25, -0.2) is 4.79 Å². The van der Waals surface area contributed by atoms with E-state index in [2.05, 4.69) is 5.32 Å². The summed E-state index contributed by atoms with van der Waals surface area (Å²) in [5, 5.41) is 10.4. The van der Waals surface area contributed by atoms with Gasteiger partial charge in [0.1, 0.15) is 11.5 Å². The summed E-state index contributed by atoms with van der Waals surface area (Å²) in [6, 6.07) is 4.18. The van der Waals surface area contributed by atoms with Crippen molar-refractivity contribution in [3.63, 3.8) is 0 Å². The third-order valence-electron chi connectivity index (χ3n) is 3.54. The molecule has 1 unspecified atom stereocenters. The summed E-state index contributed by atoms with van der Waals surface area (Å²) in [7, 11) is 1.94. The van der Waals surface area contributed by atoms with Crippen LogP contribution in [0.5, 0.6) is 0 Å². The lowest BCUT2D eigenvalue weighted by Gasteiger charge is -2.31. The number of piperidine rings is 1. The van der Waals surface area contributed by atoms with Gasteiger partial charge in [0.05, 0.1) is 0 Å². The monoisotopic (exact) mass is 362 g/mol. The number of carboxylic acids is 1. The number of furan rings is 1. The van der Waals surface area contributed by atoms with E-state index in [0.717, 1.165) is 37.5 Å². The Kier molecular flexibility index (Phi) is 7.69. The predicted molar refractivity (Wildman–Crippen MR) is 84.8 cm³/mol. The van der Waals surface area contributed by atoms with Gasteiger partial charge in [0, 0.05) is 25.2 Å². The van der Waals surface area contributed by atoms with Crippen LogP contribution >= 0.6 is 0 Å². The maximum absolute atomic E-state index is 12.0. The van der Waals surface area contributed by atoms with Crippen molar-refractivity contribution in [3.8, 4) is 0 Å². The van der Waals surface area contributed by atoms with Crippen molar-refractivity contribution >= 4 is 18.0 Å². The fourth-order valence-electron chi connectivity index (χ4n) is 2.21. The molecule has 1 aromatic heterocycles. The van der Waals surface area contributed by atoms with Crippen LogP contribution in [0.25, 0.3) is 6.08 Å². The molecule has 2 heterocycles. The Labute approximate surface area is 143 Å². The Morgan fingerprint density at radius 1 is 1.40 bits per heavy atom. The number of aryl methyl sites for hydroxylation is 1. The van der Waals surface area contributed by atoms with Gasteiger partial charge in [0.15, 0.2) is 0 Å². The molecule has 9 heteroatoms. The van der Waals surface area contributed by atoms with Crippen molar-refractivity contribution in [2.24, 2.45) is 0 Å². The SMILES string of the molecule is CNC1CCCN(C(=O)/C=C/c2ccc(C)o2)C1.O=C(O)C(F)(F)F. The van der Waals surface area contributed by atoms with Gasteiger partial charge in [-0.2, -0.15) is 13.2 Å². The number of rotatable bonds is 3. The first kappa shape index (κ1) is 20.8. The van der Waals surface area contributed by atoms with E-state index in [0.29, 0.717) is 6.04 Å². The lowest BCUT2D eigenvalue weighted by atomic mass is 10.1. The van der Waals surface area contributed by atoms with Crippen LogP contribution in [0.2, 0.25) is 0 Å². The molecule has 6 nitrogen and oxygen atoms in total. The highest BCUT2D eigenvalue weighted by atomic mass is 19.4. The molecule has 0 radical (unpaired) electrons. The van der Waals surface area contributed by atoms with E-state index in [1.54, 1.807) is 12.2 Å². The summed E-state index contributed by atoms with van der Waals surface area (Å²) in [4.78, 5) is 22.8. The van der Waals surface area contributed by atoms with Gasteiger partial charge in [-0.1, -0.05) is 0 Å². The van der Waals surface area contributed by atoms with Crippen LogP contribution in [0.15, 0.2) is 22.6 Å². The molecular formula is C16H21F3N2O4. The van der Waals surface area contributed by atoms with Crippen molar-refractivity contribution in [2.75, 3.05) is 20.1 Å². The topological polar surface area (TPSA) is 82.8 Å². The van der Waals surface area contributed by atoms with E-state index in [-0.39, 0.29) is 5.91 Å². The van der Waals surface area contributed by atoms with E-state index >= 15 is 0 Å². The summed E-state index contributed by atoms with van der Waals surface area (Å²) < 4.78 is 37.1. The average Bonchev–Trinajstić information content (AvgIpc) is 2.98. The van der Waals surface area contributed by atoms with Crippen LogP contribution in [0.4, 0.5) is 13.2 Å². The molecule has 0 spiro atoms. The Morgan fingerprint density at radius 2 is 2.04 bits per heavy atom. The number of carboxylic acid groups (broad SMARTS) is 1. The van der Waals surface area contributed by atoms with E-state index < -0.39 is 12.1 Å². The van der Waals surface area contributed by atoms with Crippen LogP contribution in [0, 0.1) is 6.92 Å². The van der Waals surface area contributed by atoms with Gasteiger partial charge in [-0.3, -0.25) is 4.79 Å². The van der Waals surface area contributed by atoms with Crippen LogP contribution in [0.3, 0.4) is 0 Å². The van der Waals surface area contributed by atoms with Gasteiger partial charge >= 0.3 is 12.1 Å². The molecule has 1 amide bonds. The van der Waals surface area contributed by atoms with Crippen LogP contribution < -0.4 is 5.32 Å². The largest absolute Gasteiger partial charge is 0.490 e. The second-order valence-corrected chi connectivity index (χ2v) is 5.50. The van der Waals surface area contributed by atoms with E-state index in [1.807, 2.05) is 31.0 Å². The van der Waals surface area contributed by atoms with Gasteiger partial charge in [-0.05, 0) is 45.0 Å². The molecule has 0 aliphatic carbocycles. The normalized spacial score (nSPS) is 18.0. The highest BCUT2D eigenvalue weighted by molar-refractivity contribution is 5.91. The zero-order valence-corrected chi connectivity index (χ0v) is 14.0. The van der Waals surface area contributed by atoms with Crippen molar-refractivity contribution in [1.29, 1.82) is 0 Å². The van der Waals surface area contributed by atoms with Crippen LogP contribution in [-0.2, 0) is 9.59 Å². The lowest BCUT2D eigenvalue weighted by molar-refractivity contribution is -0.192.